The third kappa shape index (κ3) is 4.14. The Bertz CT molecular complexity index is 287. The maximum atomic E-state index is 6.17. The van der Waals surface area contributed by atoms with E-state index in [0.717, 1.165) is 17.9 Å². The van der Waals surface area contributed by atoms with Crippen LogP contribution in [0.4, 0.5) is 0 Å². The molecule has 90 valence electrons. The normalized spacial score (nSPS) is 15.1. The maximum Gasteiger partial charge on any atom is 0.0621 e. The molecule has 0 aliphatic heterocycles. The number of thioether (sulfide) groups is 1. The Morgan fingerprint density at radius 3 is 2.62 bits per heavy atom. The van der Waals surface area contributed by atoms with Gasteiger partial charge in [0.15, 0.2) is 0 Å². The van der Waals surface area contributed by atoms with Crippen LogP contribution in [0.5, 0.6) is 0 Å². The van der Waals surface area contributed by atoms with Crippen LogP contribution < -0.4 is 5.73 Å². The van der Waals surface area contributed by atoms with E-state index in [9.17, 15) is 0 Å². The van der Waals surface area contributed by atoms with Gasteiger partial charge in [0.05, 0.1) is 10.9 Å². The smallest absolute Gasteiger partial charge is 0.0621 e. The first-order valence-corrected chi connectivity index (χ1v) is 6.98. The lowest BCUT2D eigenvalue weighted by Crippen LogP contribution is -2.26. The SMILES string of the molecule is CCC(N)C(SCC(C)C)c1ccccn1. The summed E-state index contributed by atoms with van der Waals surface area (Å²) in [4.78, 5) is 4.43. The average molecular weight is 238 g/mol. The number of hydrogen-bond acceptors (Lipinski definition) is 3. The van der Waals surface area contributed by atoms with Gasteiger partial charge in [-0.15, -0.1) is 0 Å². The highest BCUT2D eigenvalue weighted by molar-refractivity contribution is 7.99. The van der Waals surface area contributed by atoms with Gasteiger partial charge in [0.25, 0.3) is 0 Å². The summed E-state index contributed by atoms with van der Waals surface area (Å²) < 4.78 is 0. The van der Waals surface area contributed by atoms with E-state index < -0.39 is 0 Å². The molecule has 0 aliphatic carbocycles. The number of aromatic nitrogens is 1. The van der Waals surface area contributed by atoms with Crippen LogP contribution in [0.25, 0.3) is 0 Å². The number of hydrogen-bond donors (Lipinski definition) is 1. The van der Waals surface area contributed by atoms with Gasteiger partial charge in [-0.2, -0.15) is 11.8 Å². The van der Waals surface area contributed by atoms with Crippen LogP contribution >= 0.6 is 11.8 Å². The van der Waals surface area contributed by atoms with Crippen molar-refractivity contribution in [3.63, 3.8) is 0 Å². The van der Waals surface area contributed by atoms with Gasteiger partial charge in [-0.3, -0.25) is 4.98 Å². The molecule has 0 bridgehead atoms. The maximum absolute atomic E-state index is 6.17. The summed E-state index contributed by atoms with van der Waals surface area (Å²) in [5, 5.41) is 0.327. The van der Waals surface area contributed by atoms with E-state index in [1.807, 2.05) is 30.1 Å². The Balaban J connectivity index is 2.71. The van der Waals surface area contributed by atoms with Crippen LogP contribution in [0.15, 0.2) is 24.4 Å². The van der Waals surface area contributed by atoms with Crippen molar-refractivity contribution in [1.29, 1.82) is 0 Å². The van der Waals surface area contributed by atoms with E-state index in [2.05, 4.69) is 31.8 Å². The molecule has 0 saturated heterocycles. The molecule has 2 nitrogen and oxygen atoms in total. The number of rotatable bonds is 6. The average Bonchev–Trinajstić information content (AvgIpc) is 2.30. The van der Waals surface area contributed by atoms with Crippen LogP contribution in [0, 0.1) is 5.92 Å². The van der Waals surface area contributed by atoms with Crippen LogP contribution in [0.1, 0.15) is 38.1 Å². The highest BCUT2D eigenvalue weighted by Crippen LogP contribution is 2.32. The lowest BCUT2D eigenvalue weighted by atomic mass is 10.1. The predicted molar refractivity (Wildman–Crippen MR) is 72.5 cm³/mol. The van der Waals surface area contributed by atoms with Gasteiger partial charge in [0.2, 0.25) is 0 Å². The summed E-state index contributed by atoms with van der Waals surface area (Å²) in [6, 6.07) is 6.26. The van der Waals surface area contributed by atoms with E-state index in [1.54, 1.807) is 0 Å². The van der Waals surface area contributed by atoms with E-state index in [-0.39, 0.29) is 6.04 Å². The fraction of sp³-hybridized carbons (Fsp3) is 0.615. The molecule has 0 amide bonds. The van der Waals surface area contributed by atoms with Crippen molar-refractivity contribution in [1.82, 2.24) is 4.98 Å². The Kier molecular flexibility index (Phi) is 5.85. The highest BCUT2D eigenvalue weighted by Gasteiger charge is 2.20. The van der Waals surface area contributed by atoms with Crippen molar-refractivity contribution < 1.29 is 0 Å². The van der Waals surface area contributed by atoms with Crippen molar-refractivity contribution in [2.24, 2.45) is 11.7 Å². The quantitative estimate of drug-likeness (QED) is 0.827. The van der Waals surface area contributed by atoms with Gasteiger partial charge in [-0.25, -0.2) is 0 Å². The third-order valence-electron chi connectivity index (χ3n) is 2.45. The highest BCUT2D eigenvalue weighted by atomic mass is 32.2. The molecule has 1 heterocycles. The van der Waals surface area contributed by atoms with Crippen molar-refractivity contribution in [2.75, 3.05) is 5.75 Å². The number of nitrogens with zero attached hydrogens (tertiary/aromatic N) is 1. The molecular weight excluding hydrogens is 216 g/mol. The molecule has 16 heavy (non-hydrogen) atoms. The summed E-state index contributed by atoms with van der Waals surface area (Å²) in [6.07, 6.45) is 2.84. The van der Waals surface area contributed by atoms with Crippen molar-refractivity contribution in [3.05, 3.63) is 30.1 Å². The molecule has 0 spiro atoms. The fourth-order valence-electron chi connectivity index (χ4n) is 1.48. The summed E-state index contributed by atoms with van der Waals surface area (Å²) in [7, 11) is 0. The summed E-state index contributed by atoms with van der Waals surface area (Å²) in [5.41, 5.74) is 7.29. The Morgan fingerprint density at radius 1 is 1.38 bits per heavy atom. The second kappa shape index (κ2) is 6.92. The first-order chi connectivity index (χ1) is 7.65. The van der Waals surface area contributed by atoms with Crippen LogP contribution in [0.3, 0.4) is 0 Å². The Hall–Kier alpha value is -0.540. The fourth-order valence-corrected chi connectivity index (χ4v) is 2.82. The second-order valence-corrected chi connectivity index (χ2v) is 5.65. The molecule has 0 radical (unpaired) electrons. The molecule has 3 heteroatoms. The second-order valence-electron chi connectivity index (χ2n) is 4.47. The zero-order chi connectivity index (χ0) is 12.0. The summed E-state index contributed by atoms with van der Waals surface area (Å²) in [6.45, 7) is 6.61. The third-order valence-corrected chi connectivity index (χ3v) is 4.26. The van der Waals surface area contributed by atoms with E-state index in [1.165, 1.54) is 0 Å². The van der Waals surface area contributed by atoms with Gasteiger partial charge in [-0.05, 0) is 30.2 Å². The number of pyridine rings is 1. The van der Waals surface area contributed by atoms with Gasteiger partial charge in [0, 0.05) is 12.2 Å². The summed E-state index contributed by atoms with van der Waals surface area (Å²) in [5.74, 6) is 1.83. The van der Waals surface area contributed by atoms with Gasteiger partial charge >= 0.3 is 0 Å². The molecule has 0 aliphatic rings. The van der Waals surface area contributed by atoms with Crippen molar-refractivity contribution in [2.45, 2.75) is 38.5 Å². The molecule has 2 N–H and O–H groups in total. The molecule has 1 aromatic rings. The standard InChI is InChI=1S/C13H22N2S/c1-4-11(14)13(16-9-10(2)3)12-7-5-6-8-15-12/h5-8,10-11,13H,4,9,14H2,1-3H3. The Morgan fingerprint density at radius 2 is 2.12 bits per heavy atom. The van der Waals surface area contributed by atoms with Gasteiger partial charge in [0.1, 0.15) is 0 Å². The molecule has 2 atom stereocenters. The lowest BCUT2D eigenvalue weighted by Gasteiger charge is -2.22. The minimum atomic E-state index is 0.193. The molecule has 0 aromatic carbocycles. The van der Waals surface area contributed by atoms with Crippen molar-refractivity contribution in [3.8, 4) is 0 Å². The minimum Gasteiger partial charge on any atom is -0.326 e. The largest absolute Gasteiger partial charge is 0.326 e. The monoisotopic (exact) mass is 238 g/mol. The predicted octanol–water partition coefficient (Wildman–Crippen LogP) is 3.25. The van der Waals surface area contributed by atoms with Crippen LogP contribution in [-0.4, -0.2) is 16.8 Å². The molecule has 1 rings (SSSR count). The van der Waals surface area contributed by atoms with Crippen LogP contribution in [0.2, 0.25) is 0 Å². The molecular formula is C13H22N2S. The van der Waals surface area contributed by atoms with E-state index >= 15 is 0 Å². The summed E-state index contributed by atoms with van der Waals surface area (Å²) >= 11 is 1.93. The van der Waals surface area contributed by atoms with E-state index in [4.69, 9.17) is 5.73 Å². The zero-order valence-corrected chi connectivity index (χ0v) is 11.2. The number of nitrogens with two attached hydrogens (primary N) is 1. The molecule has 0 fully saturated rings. The minimum absolute atomic E-state index is 0.193. The first kappa shape index (κ1) is 13.5. The lowest BCUT2D eigenvalue weighted by molar-refractivity contribution is 0.621. The first-order valence-electron chi connectivity index (χ1n) is 5.93. The zero-order valence-electron chi connectivity index (χ0n) is 10.4. The topological polar surface area (TPSA) is 38.9 Å². The molecule has 1 aromatic heterocycles. The molecule has 0 saturated carbocycles. The van der Waals surface area contributed by atoms with Gasteiger partial charge < -0.3 is 5.73 Å². The van der Waals surface area contributed by atoms with Crippen molar-refractivity contribution >= 4 is 11.8 Å². The molecule has 2 unspecified atom stereocenters. The Labute approximate surface area is 103 Å². The van der Waals surface area contributed by atoms with E-state index in [0.29, 0.717) is 11.2 Å². The van der Waals surface area contributed by atoms with Crippen LogP contribution in [-0.2, 0) is 0 Å². The van der Waals surface area contributed by atoms with Gasteiger partial charge in [-0.1, -0.05) is 26.8 Å².